The SMILES string of the molecule is CCN(Cc1ccccc1N)C(=O)c1cc(Cl)cc(Cl)c1. The molecule has 2 N–H and O–H groups in total. The van der Waals surface area contributed by atoms with Crippen molar-refractivity contribution < 1.29 is 4.79 Å². The Hall–Kier alpha value is -1.71. The number of nitrogens with two attached hydrogens (primary N) is 1. The molecule has 1 amide bonds. The highest BCUT2D eigenvalue weighted by Crippen LogP contribution is 2.21. The molecule has 0 aromatic heterocycles. The first-order valence-corrected chi connectivity index (χ1v) is 7.35. The van der Waals surface area contributed by atoms with Crippen LogP contribution in [0.5, 0.6) is 0 Å². The Morgan fingerprint density at radius 1 is 1.14 bits per heavy atom. The maximum absolute atomic E-state index is 12.6. The quantitative estimate of drug-likeness (QED) is 0.856. The molecule has 0 fully saturated rings. The molecule has 0 bridgehead atoms. The summed E-state index contributed by atoms with van der Waals surface area (Å²) in [5, 5.41) is 0.891. The number of halogens is 2. The molecule has 0 radical (unpaired) electrons. The number of nitrogens with zero attached hydrogens (tertiary/aromatic N) is 1. The first-order valence-electron chi connectivity index (χ1n) is 6.60. The molecule has 110 valence electrons. The summed E-state index contributed by atoms with van der Waals surface area (Å²) in [6, 6.07) is 12.3. The molecule has 0 aliphatic rings. The van der Waals surface area contributed by atoms with Gasteiger partial charge in [-0.05, 0) is 36.8 Å². The third kappa shape index (κ3) is 3.90. The third-order valence-corrected chi connectivity index (χ3v) is 3.63. The monoisotopic (exact) mass is 322 g/mol. The van der Waals surface area contributed by atoms with E-state index in [9.17, 15) is 4.79 Å². The molecule has 0 atom stereocenters. The second-order valence-electron chi connectivity index (χ2n) is 4.68. The van der Waals surface area contributed by atoms with Crippen molar-refractivity contribution in [1.29, 1.82) is 0 Å². The Bertz CT molecular complexity index is 638. The summed E-state index contributed by atoms with van der Waals surface area (Å²) >= 11 is 11.9. The summed E-state index contributed by atoms with van der Waals surface area (Å²) in [4.78, 5) is 14.3. The van der Waals surface area contributed by atoms with Gasteiger partial charge in [0, 0.05) is 34.4 Å². The van der Waals surface area contributed by atoms with Crippen molar-refractivity contribution in [3.63, 3.8) is 0 Å². The number of carbonyl (C=O) groups is 1. The van der Waals surface area contributed by atoms with Crippen LogP contribution in [0, 0.1) is 0 Å². The first-order chi connectivity index (χ1) is 10.0. The van der Waals surface area contributed by atoms with E-state index in [1.807, 2.05) is 31.2 Å². The molecule has 0 saturated carbocycles. The number of nitrogen functional groups attached to an aromatic ring is 1. The van der Waals surface area contributed by atoms with Crippen molar-refractivity contribution in [3.05, 3.63) is 63.6 Å². The number of hydrogen-bond donors (Lipinski definition) is 1. The van der Waals surface area contributed by atoms with Crippen LogP contribution in [0.4, 0.5) is 5.69 Å². The predicted molar refractivity (Wildman–Crippen MR) is 87.7 cm³/mol. The van der Waals surface area contributed by atoms with Crippen LogP contribution in [0.3, 0.4) is 0 Å². The van der Waals surface area contributed by atoms with Crippen molar-refractivity contribution in [2.45, 2.75) is 13.5 Å². The molecule has 2 aromatic carbocycles. The van der Waals surface area contributed by atoms with Gasteiger partial charge in [0.25, 0.3) is 5.91 Å². The lowest BCUT2D eigenvalue weighted by Gasteiger charge is -2.22. The van der Waals surface area contributed by atoms with Crippen molar-refractivity contribution in [3.8, 4) is 0 Å². The molecular formula is C16H16Cl2N2O. The fraction of sp³-hybridized carbons (Fsp3) is 0.188. The lowest BCUT2D eigenvalue weighted by atomic mass is 10.1. The zero-order chi connectivity index (χ0) is 15.4. The van der Waals surface area contributed by atoms with E-state index in [2.05, 4.69) is 0 Å². The van der Waals surface area contributed by atoms with Gasteiger partial charge >= 0.3 is 0 Å². The molecule has 0 heterocycles. The van der Waals surface area contributed by atoms with Crippen LogP contribution in [0.25, 0.3) is 0 Å². The Kier molecular flexibility index (Phi) is 5.10. The summed E-state index contributed by atoms with van der Waals surface area (Å²) < 4.78 is 0. The third-order valence-electron chi connectivity index (χ3n) is 3.19. The van der Waals surface area contributed by atoms with E-state index in [0.29, 0.717) is 34.4 Å². The van der Waals surface area contributed by atoms with E-state index in [4.69, 9.17) is 28.9 Å². The van der Waals surface area contributed by atoms with E-state index in [0.717, 1.165) is 5.56 Å². The van der Waals surface area contributed by atoms with Gasteiger partial charge in [-0.2, -0.15) is 0 Å². The average molecular weight is 323 g/mol. The fourth-order valence-corrected chi connectivity index (χ4v) is 2.60. The van der Waals surface area contributed by atoms with Crippen molar-refractivity contribution in [2.75, 3.05) is 12.3 Å². The van der Waals surface area contributed by atoms with Crippen LogP contribution in [-0.4, -0.2) is 17.4 Å². The van der Waals surface area contributed by atoms with Crippen molar-refractivity contribution in [2.24, 2.45) is 0 Å². The smallest absolute Gasteiger partial charge is 0.254 e. The van der Waals surface area contributed by atoms with Crippen LogP contribution in [-0.2, 0) is 6.54 Å². The van der Waals surface area contributed by atoms with Gasteiger partial charge in [0.05, 0.1) is 0 Å². The predicted octanol–water partition coefficient (Wildman–Crippen LogP) is 4.24. The molecule has 2 rings (SSSR count). The molecule has 2 aromatic rings. The number of anilines is 1. The summed E-state index contributed by atoms with van der Waals surface area (Å²) in [7, 11) is 0. The largest absolute Gasteiger partial charge is 0.398 e. The zero-order valence-electron chi connectivity index (χ0n) is 11.6. The van der Waals surface area contributed by atoms with E-state index in [-0.39, 0.29) is 5.91 Å². The fourth-order valence-electron chi connectivity index (χ4n) is 2.07. The van der Waals surface area contributed by atoms with E-state index in [1.54, 1.807) is 23.1 Å². The van der Waals surface area contributed by atoms with Crippen LogP contribution in [0.1, 0.15) is 22.8 Å². The molecule has 0 saturated heterocycles. The standard InChI is InChI=1S/C16H16Cl2N2O/c1-2-20(10-11-5-3-4-6-15(11)19)16(21)12-7-13(17)9-14(18)8-12/h3-9H,2,10,19H2,1H3. The summed E-state index contributed by atoms with van der Waals surface area (Å²) in [5.41, 5.74) is 8.00. The highest BCUT2D eigenvalue weighted by Gasteiger charge is 2.16. The maximum atomic E-state index is 12.6. The minimum Gasteiger partial charge on any atom is -0.398 e. The van der Waals surface area contributed by atoms with Gasteiger partial charge in [-0.1, -0.05) is 41.4 Å². The highest BCUT2D eigenvalue weighted by molar-refractivity contribution is 6.35. The van der Waals surface area contributed by atoms with Gasteiger partial charge in [-0.15, -0.1) is 0 Å². The van der Waals surface area contributed by atoms with Gasteiger partial charge in [-0.3, -0.25) is 4.79 Å². The summed E-state index contributed by atoms with van der Waals surface area (Å²) in [6.45, 7) is 2.94. The second kappa shape index (κ2) is 6.83. The van der Waals surface area contributed by atoms with Crippen LogP contribution in [0.15, 0.2) is 42.5 Å². The number of hydrogen-bond acceptors (Lipinski definition) is 2. The lowest BCUT2D eigenvalue weighted by molar-refractivity contribution is 0.0753. The number of rotatable bonds is 4. The summed E-state index contributed by atoms with van der Waals surface area (Å²) in [5.74, 6) is -0.120. The minimum atomic E-state index is -0.120. The number of carbonyl (C=O) groups excluding carboxylic acids is 1. The van der Waals surface area contributed by atoms with E-state index >= 15 is 0 Å². The van der Waals surface area contributed by atoms with Crippen LogP contribution in [0.2, 0.25) is 10.0 Å². The summed E-state index contributed by atoms with van der Waals surface area (Å²) in [6.07, 6.45) is 0. The Morgan fingerprint density at radius 3 is 2.33 bits per heavy atom. The Labute approximate surface area is 134 Å². The van der Waals surface area contributed by atoms with E-state index in [1.165, 1.54) is 0 Å². The molecule has 0 unspecified atom stereocenters. The molecule has 5 heteroatoms. The first kappa shape index (κ1) is 15.7. The maximum Gasteiger partial charge on any atom is 0.254 e. The van der Waals surface area contributed by atoms with Gasteiger partial charge in [-0.25, -0.2) is 0 Å². The van der Waals surface area contributed by atoms with E-state index < -0.39 is 0 Å². The molecule has 0 aliphatic heterocycles. The number of benzene rings is 2. The number of para-hydroxylation sites is 1. The Morgan fingerprint density at radius 2 is 1.76 bits per heavy atom. The second-order valence-corrected chi connectivity index (χ2v) is 5.55. The minimum absolute atomic E-state index is 0.120. The topological polar surface area (TPSA) is 46.3 Å². The highest BCUT2D eigenvalue weighted by atomic mass is 35.5. The Balaban J connectivity index is 2.24. The molecule has 3 nitrogen and oxygen atoms in total. The van der Waals surface area contributed by atoms with Crippen LogP contribution < -0.4 is 5.73 Å². The normalized spacial score (nSPS) is 10.4. The molecule has 0 spiro atoms. The molecule has 21 heavy (non-hydrogen) atoms. The van der Waals surface area contributed by atoms with Crippen molar-refractivity contribution in [1.82, 2.24) is 4.90 Å². The zero-order valence-corrected chi connectivity index (χ0v) is 13.2. The average Bonchev–Trinajstić information content (AvgIpc) is 2.44. The van der Waals surface area contributed by atoms with Crippen LogP contribution >= 0.6 is 23.2 Å². The van der Waals surface area contributed by atoms with Gasteiger partial charge < -0.3 is 10.6 Å². The van der Waals surface area contributed by atoms with Gasteiger partial charge in [0.15, 0.2) is 0 Å². The number of amides is 1. The molecular weight excluding hydrogens is 307 g/mol. The van der Waals surface area contributed by atoms with Gasteiger partial charge in [0.2, 0.25) is 0 Å². The van der Waals surface area contributed by atoms with Gasteiger partial charge in [0.1, 0.15) is 0 Å². The van der Waals surface area contributed by atoms with Crippen molar-refractivity contribution >= 4 is 34.8 Å². The lowest BCUT2D eigenvalue weighted by Crippen LogP contribution is -2.30. The molecule has 0 aliphatic carbocycles.